The zero-order valence-electron chi connectivity index (χ0n) is 10.1. The zero-order valence-corrected chi connectivity index (χ0v) is 10.1. The molecular formula is C12H16N4O. The summed E-state index contributed by atoms with van der Waals surface area (Å²) in [6.07, 6.45) is 1.70. The van der Waals surface area contributed by atoms with Crippen molar-refractivity contribution in [3.63, 3.8) is 0 Å². The number of rotatable bonds is 5. The fourth-order valence-corrected chi connectivity index (χ4v) is 1.57. The molecule has 0 aliphatic carbocycles. The summed E-state index contributed by atoms with van der Waals surface area (Å²) < 4.78 is 7.07. The molecule has 5 heteroatoms. The highest BCUT2D eigenvalue weighted by Crippen LogP contribution is 2.12. The molecule has 0 spiro atoms. The minimum atomic E-state index is 0.702. The van der Waals surface area contributed by atoms with Crippen LogP contribution in [0.2, 0.25) is 0 Å². The summed E-state index contributed by atoms with van der Waals surface area (Å²) in [6, 6.07) is 8.00. The fraction of sp³-hybridized carbons (Fsp3) is 0.333. The predicted molar refractivity (Wildman–Crippen MR) is 64.5 cm³/mol. The minimum Gasteiger partial charge on any atom is -0.497 e. The van der Waals surface area contributed by atoms with E-state index >= 15 is 0 Å². The summed E-state index contributed by atoms with van der Waals surface area (Å²) >= 11 is 0. The van der Waals surface area contributed by atoms with Crippen LogP contribution in [0, 0.1) is 0 Å². The number of nitrogens with zero attached hydrogens (tertiary/aromatic N) is 3. The van der Waals surface area contributed by atoms with Crippen LogP contribution in [0.15, 0.2) is 30.6 Å². The summed E-state index contributed by atoms with van der Waals surface area (Å²) in [7, 11) is 3.61. The van der Waals surface area contributed by atoms with Crippen LogP contribution in [0.3, 0.4) is 0 Å². The predicted octanol–water partition coefficient (Wildman–Crippen LogP) is 1.11. The summed E-state index contributed by atoms with van der Waals surface area (Å²) in [5, 5.41) is 11.2. The van der Waals surface area contributed by atoms with Gasteiger partial charge in [0.05, 0.1) is 13.7 Å². The second kappa shape index (κ2) is 5.45. The number of aromatic nitrogens is 3. The number of hydrogen-bond donors (Lipinski definition) is 1. The Morgan fingerprint density at radius 2 is 2.24 bits per heavy atom. The van der Waals surface area contributed by atoms with Crippen LogP contribution in [0.1, 0.15) is 11.4 Å². The van der Waals surface area contributed by atoms with Crippen molar-refractivity contribution in [3.05, 3.63) is 42.0 Å². The van der Waals surface area contributed by atoms with E-state index in [1.54, 1.807) is 13.4 Å². The molecule has 0 radical (unpaired) electrons. The molecule has 0 saturated carbocycles. The molecule has 0 amide bonds. The maximum atomic E-state index is 5.17. The van der Waals surface area contributed by atoms with Crippen LogP contribution in [-0.2, 0) is 20.1 Å². The zero-order chi connectivity index (χ0) is 12.1. The van der Waals surface area contributed by atoms with Gasteiger partial charge in [0.2, 0.25) is 0 Å². The lowest BCUT2D eigenvalue weighted by molar-refractivity contribution is 0.414. The Morgan fingerprint density at radius 1 is 1.35 bits per heavy atom. The molecule has 0 saturated heterocycles. The molecule has 1 N–H and O–H groups in total. The van der Waals surface area contributed by atoms with Gasteiger partial charge in [0, 0.05) is 13.6 Å². The largest absolute Gasteiger partial charge is 0.497 e. The highest BCUT2D eigenvalue weighted by Gasteiger charge is 2.00. The molecule has 0 fully saturated rings. The monoisotopic (exact) mass is 232 g/mol. The Balaban J connectivity index is 1.87. The Morgan fingerprint density at radius 3 is 2.94 bits per heavy atom. The van der Waals surface area contributed by atoms with Gasteiger partial charge in [-0.3, -0.25) is 0 Å². The first kappa shape index (κ1) is 11.6. The van der Waals surface area contributed by atoms with Gasteiger partial charge < -0.3 is 14.6 Å². The molecule has 0 atom stereocenters. The molecular weight excluding hydrogens is 216 g/mol. The van der Waals surface area contributed by atoms with Gasteiger partial charge in [0.15, 0.2) is 0 Å². The summed E-state index contributed by atoms with van der Waals surface area (Å²) in [5.41, 5.74) is 1.19. The van der Waals surface area contributed by atoms with Crippen molar-refractivity contribution >= 4 is 0 Å². The second-order valence-electron chi connectivity index (χ2n) is 3.81. The first-order valence-electron chi connectivity index (χ1n) is 5.46. The van der Waals surface area contributed by atoms with Crippen LogP contribution >= 0.6 is 0 Å². The molecule has 5 nitrogen and oxygen atoms in total. The van der Waals surface area contributed by atoms with Crippen molar-refractivity contribution in [1.29, 1.82) is 0 Å². The lowest BCUT2D eigenvalue weighted by Crippen LogP contribution is -2.15. The van der Waals surface area contributed by atoms with Crippen LogP contribution in [0.5, 0.6) is 5.75 Å². The van der Waals surface area contributed by atoms with Gasteiger partial charge in [0.1, 0.15) is 17.9 Å². The third kappa shape index (κ3) is 3.04. The minimum absolute atomic E-state index is 0.702. The maximum Gasteiger partial charge on any atom is 0.146 e. The van der Waals surface area contributed by atoms with Crippen molar-refractivity contribution in [2.45, 2.75) is 13.1 Å². The van der Waals surface area contributed by atoms with Gasteiger partial charge in [0.25, 0.3) is 0 Å². The van der Waals surface area contributed by atoms with E-state index in [4.69, 9.17) is 4.74 Å². The lowest BCUT2D eigenvalue weighted by Gasteiger charge is -2.06. The molecule has 0 unspecified atom stereocenters. The SMILES string of the molecule is COc1cccc(CNCc2nncn2C)c1. The smallest absolute Gasteiger partial charge is 0.146 e. The Kier molecular flexibility index (Phi) is 3.72. The Hall–Kier alpha value is -1.88. The van der Waals surface area contributed by atoms with Crippen LogP contribution in [-0.4, -0.2) is 21.9 Å². The number of benzene rings is 1. The molecule has 1 heterocycles. The van der Waals surface area contributed by atoms with Crippen molar-refractivity contribution < 1.29 is 4.74 Å². The first-order chi connectivity index (χ1) is 8.29. The molecule has 0 aliphatic heterocycles. The standard InChI is InChI=1S/C12H16N4O/c1-16-9-14-15-12(16)8-13-7-10-4-3-5-11(6-10)17-2/h3-6,9,13H,7-8H2,1-2H3. The van der Waals surface area contributed by atoms with Gasteiger partial charge in [-0.05, 0) is 17.7 Å². The van der Waals surface area contributed by atoms with Crippen molar-refractivity contribution in [2.75, 3.05) is 7.11 Å². The van der Waals surface area contributed by atoms with Crippen molar-refractivity contribution in [1.82, 2.24) is 20.1 Å². The maximum absolute atomic E-state index is 5.17. The van der Waals surface area contributed by atoms with Gasteiger partial charge in [-0.2, -0.15) is 0 Å². The average molecular weight is 232 g/mol. The molecule has 2 aromatic rings. The van der Waals surface area contributed by atoms with Crippen molar-refractivity contribution in [3.8, 4) is 5.75 Å². The summed E-state index contributed by atoms with van der Waals surface area (Å²) in [6.45, 7) is 1.48. The Labute approximate surface area is 100 Å². The second-order valence-corrected chi connectivity index (χ2v) is 3.81. The van der Waals surface area contributed by atoms with Crippen LogP contribution in [0.4, 0.5) is 0 Å². The number of hydrogen-bond acceptors (Lipinski definition) is 4. The third-order valence-corrected chi connectivity index (χ3v) is 2.55. The molecule has 1 aromatic carbocycles. The lowest BCUT2D eigenvalue weighted by atomic mass is 10.2. The highest BCUT2D eigenvalue weighted by atomic mass is 16.5. The van der Waals surface area contributed by atoms with E-state index in [0.29, 0.717) is 6.54 Å². The first-order valence-corrected chi connectivity index (χ1v) is 5.46. The molecule has 2 rings (SSSR count). The quantitative estimate of drug-likeness (QED) is 0.839. The topological polar surface area (TPSA) is 52.0 Å². The highest BCUT2D eigenvalue weighted by molar-refractivity contribution is 5.28. The van der Waals surface area contributed by atoms with Crippen molar-refractivity contribution in [2.24, 2.45) is 7.05 Å². The van der Waals surface area contributed by atoms with E-state index < -0.39 is 0 Å². The average Bonchev–Trinajstić information content (AvgIpc) is 2.76. The molecule has 0 bridgehead atoms. The van der Waals surface area contributed by atoms with Gasteiger partial charge in [-0.25, -0.2) is 0 Å². The number of aryl methyl sites for hydroxylation is 1. The van der Waals surface area contributed by atoms with E-state index in [9.17, 15) is 0 Å². The third-order valence-electron chi connectivity index (χ3n) is 2.55. The Bertz CT molecular complexity index is 481. The van der Waals surface area contributed by atoms with E-state index in [2.05, 4.69) is 21.6 Å². The van der Waals surface area contributed by atoms with Gasteiger partial charge >= 0.3 is 0 Å². The number of methoxy groups -OCH3 is 1. The van der Waals surface area contributed by atoms with E-state index in [0.717, 1.165) is 18.1 Å². The molecule has 90 valence electrons. The van der Waals surface area contributed by atoms with Crippen LogP contribution in [0.25, 0.3) is 0 Å². The van der Waals surface area contributed by atoms with E-state index in [1.165, 1.54) is 5.56 Å². The molecule has 17 heavy (non-hydrogen) atoms. The molecule has 0 aliphatic rings. The number of ether oxygens (including phenoxy) is 1. The normalized spacial score (nSPS) is 10.5. The summed E-state index contributed by atoms with van der Waals surface area (Å²) in [4.78, 5) is 0. The van der Waals surface area contributed by atoms with Crippen LogP contribution < -0.4 is 10.1 Å². The van der Waals surface area contributed by atoms with Gasteiger partial charge in [-0.1, -0.05) is 12.1 Å². The van der Waals surface area contributed by atoms with E-state index in [-0.39, 0.29) is 0 Å². The summed E-state index contributed by atoms with van der Waals surface area (Å²) in [5.74, 6) is 1.80. The van der Waals surface area contributed by atoms with Gasteiger partial charge in [-0.15, -0.1) is 10.2 Å². The fourth-order valence-electron chi connectivity index (χ4n) is 1.57. The molecule has 1 aromatic heterocycles. The van der Waals surface area contributed by atoms with E-state index in [1.807, 2.05) is 29.8 Å². The number of nitrogens with one attached hydrogen (secondary N) is 1.